The highest BCUT2D eigenvalue weighted by atomic mass is 19.1. The molecule has 0 radical (unpaired) electrons. The molecule has 8 heterocycles. The second kappa shape index (κ2) is 23.5. The number of anilines is 4. The number of halogens is 1. The van der Waals surface area contributed by atoms with Gasteiger partial charge in [0, 0.05) is 91.7 Å². The first kappa shape index (κ1) is 58.9. The molecule has 21 heteroatoms. The van der Waals surface area contributed by atoms with Crippen molar-refractivity contribution in [1.29, 1.82) is 0 Å². The molecule has 1 unspecified atom stereocenters. The van der Waals surface area contributed by atoms with Crippen molar-refractivity contribution in [3.8, 4) is 11.3 Å². The number of carbonyl (C=O) groups excluding carboxylic acids is 8. The number of imidazole rings is 1. The van der Waals surface area contributed by atoms with Crippen LogP contribution in [0.3, 0.4) is 0 Å². The van der Waals surface area contributed by atoms with Crippen molar-refractivity contribution in [1.82, 2.24) is 44.8 Å². The molecule has 1 spiro atoms. The van der Waals surface area contributed by atoms with Gasteiger partial charge in [0.1, 0.15) is 17.4 Å². The zero-order valence-electron chi connectivity index (χ0n) is 51.0. The summed E-state index contributed by atoms with van der Waals surface area (Å²) in [6.45, 7) is 13.4. The molecule has 0 bridgehead atoms. The van der Waals surface area contributed by atoms with Crippen LogP contribution >= 0.6 is 0 Å². The summed E-state index contributed by atoms with van der Waals surface area (Å²) in [5.41, 5.74) is 5.64. The maximum absolute atomic E-state index is 16.0. The van der Waals surface area contributed by atoms with Crippen molar-refractivity contribution >= 4 is 81.2 Å². The minimum Gasteiger partial charge on any atom is -0.382 e. The van der Waals surface area contributed by atoms with Crippen LogP contribution in [0.4, 0.5) is 27.3 Å². The van der Waals surface area contributed by atoms with Crippen LogP contribution in [0.5, 0.6) is 0 Å². The van der Waals surface area contributed by atoms with Gasteiger partial charge in [-0.15, -0.1) is 0 Å². The molecule has 6 fully saturated rings. The summed E-state index contributed by atoms with van der Waals surface area (Å²) in [7, 11) is 0. The molecule has 20 nitrogen and oxygen atoms in total. The molecule has 2 aromatic heterocycles. The Hall–Kier alpha value is -8.07. The molecule has 88 heavy (non-hydrogen) atoms. The van der Waals surface area contributed by atoms with E-state index in [4.69, 9.17) is 9.97 Å². The number of amides is 8. The van der Waals surface area contributed by atoms with Gasteiger partial charge in [-0.2, -0.15) is 0 Å². The van der Waals surface area contributed by atoms with Crippen LogP contribution < -0.4 is 26.2 Å². The first-order chi connectivity index (χ1) is 42.3. The van der Waals surface area contributed by atoms with E-state index in [1.807, 2.05) is 54.2 Å². The van der Waals surface area contributed by atoms with Gasteiger partial charge in [0.25, 0.3) is 17.7 Å². The van der Waals surface area contributed by atoms with Crippen LogP contribution in [-0.4, -0.2) is 151 Å². The monoisotopic (exact) mass is 1200 g/mol. The van der Waals surface area contributed by atoms with Gasteiger partial charge in [0.05, 0.1) is 45.7 Å². The van der Waals surface area contributed by atoms with Gasteiger partial charge in [-0.25, -0.2) is 14.4 Å². The molecular formula is C67H79FN12O8. The third-order valence-corrected chi connectivity index (χ3v) is 20.4. The van der Waals surface area contributed by atoms with Gasteiger partial charge >= 0.3 is 0 Å². The number of rotatable bonds is 14. The predicted octanol–water partition coefficient (Wildman–Crippen LogP) is 8.54. The van der Waals surface area contributed by atoms with Crippen molar-refractivity contribution in [2.45, 2.75) is 173 Å². The van der Waals surface area contributed by atoms with Crippen molar-refractivity contribution in [2.24, 2.45) is 11.8 Å². The van der Waals surface area contributed by atoms with Crippen LogP contribution in [0.25, 0.3) is 22.3 Å². The largest absolute Gasteiger partial charge is 0.382 e. The van der Waals surface area contributed by atoms with E-state index >= 15 is 9.18 Å². The van der Waals surface area contributed by atoms with Gasteiger partial charge in [-0.1, -0.05) is 24.6 Å². The highest BCUT2D eigenvalue weighted by Crippen LogP contribution is 2.53. The molecule has 462 valence electrons. The first-order valence-corrected chi connectivity index (χ1v) is 32.0. The fourth-order valence-corrected chi connectivity index (χ4v) is 15.4. The molecule has 8 aliphatic rings. The quantitative estimate of drug-likeness (QED) is 0.0765. The zero-order valence-corrected chi connectivity index (χ0v) is 51.0. The van der Waals surface area contributed by atoms with Gasteiger partial charge in [-0.3, -0.25) is 48.6 Å². The second-order valence-corrected chi connectivity index (χ2v) is 26.6. The number of hydrogen-bond donors (Lipinski definition) is 4. The number of aryl methyl sites for hydroxylation is 1. The number of pyridine rings is 1. The molecule has 3 aromatic carbocycles. The molecule has 13 rings (SSSR count). The van der Waals surface area contributed by atoms with Crippen LogP contribution in [0, 0.1) is 24.6 Å². The van der Waals surface area contributed by atoms with Crippen LogP contribution in [0.1, 0.15) is 172 Å². The summed E-state index contributed by atoms with van der Waals surface area (Å²) >= 11 is 0. The Balaban J connectivity index is 0.676. The minimum atomic E-state index is -1.05. The molecule has 2 atom stereocenters. The lowest BCUT2D eigenvalue weighted by Crippen LogP contribution is -2.58. The number of imide groups is 2. The number of benzene rings is 3. The van der Waals surface area contributed by atoms with E-state index in [1.54, 1.807) is 31.5 Å². The molecule has 4 saturated heterocycles. The van der Waals surface area contributed by atoms with Crippen LogP contribution in [0.15, 0.2) is 60.9 Å². The number of nitrogens with one attached hydrogen (secondary N) is 4. The lowest BCUT2D eigenvalue weighted by molar-refractivity contribution is -0.139. The van der Waals surface area contributed by atoms with Gasteiger partial charge in [-0.05, 0) is 178 Å². The Morgan fingerprint density at radius 2 is 1.56 bits per heavy atom. The van der Waals surface area contributed by atoms with E-state index in [0.717, 1.165) is 73.3 Å². The third kappa shape index (κ3) is 10.7. The minimum absolute atomic E-state index is 0.000164. The Morgan fingerprint density at radius 1 is 0.795 bits per heavy atom. The molecule has 4 N–H and O–H groups in total. The van der Waals surface area contributed by atoms with Crippen molar-refractivity contribution in [2.75, 3.05) is 54.8 Å². The van der Waals surface area contributed by atoms with Crippen LogP contribution in [-0.2, 0) is 29.4 Å². The standard InChI is InChI=1S/C67H79FN12O8/c1-37(2)70-61(83)47-33-52(49(68)28-39(47)5)73-60-59-53(69-36-78(59)38(3)4)34-51(72-60)41-14-17-48-55(30-41)79(45-31-44(32-45)75-23-7-6-8-24-75)66(88)67(48)21-26-76(27-22-67)63(85)42-20-25-77(35-42)57(82)29-40-12-15-43(16-13-40)71-50-11-9-10-46-58(50)65(87)80(64(46)86)54-18-19-56(81)74-62(54)84/h9-11,14,17,28,30,33-34,36-38,40,42-45,54,71H,6-8,12-13,15-16,18-27,29,31-32,35H2,1-5H3,(H,70,83)(H,72,73)(H,74,81,84)/t40-,42-,43-,44-,45+,54?/m1/s1. The fraction of sp³-hybridized carbons (Fsp3) is 0.522. The van der Waals surface area contributed by atoms with E-state index in [1.165, 1.54) is 31.4 Å². The van der Waals surface area contributed by atoms with Crippen molar-refractivity contribution in [3.05, 3.63) is 94.6 Å². The fourth-order valence-electron chi connectivity index (χ4n) is 15.4. The highest BCUT2D eigenvalue weighted by molar-refractivity contribution is 6.25. The van der Waals surface area contributed by atoms with E-state index in [-0.39, 0.29) is 89.3 Å². The van der Waals surface area contributed by atoms with Crippen LogP contribution in [0.2, 0.25) is 0 Å². The third-order valence-electron chi connectivity index (χ3n) is 20.4. The van der Waals surface area contributed by atoms with E-state index in [0.29, 0.717) is 97.3 Å². The number of aromatic nitrogens is 3. The average Bonchev–Trinajstić information content (AvgIpc) is 1.66. The SMILES string of the molecule is Cc1cc(F)c(Nc2nc(-c3ccc4c(c3)N([C@H]3C[C@@H](N5CCCCC5)C3)C(=O)C43CCN(C(=O)[C@@H]4CCN(C(=O)C[C@H]5CC[C@H](Nc6cccc7c6C(=O)N(C6CCC(=O)NC6=O)C7=O)CC5)C4)CC3)cc3ncn(C(C)C)c23)cc1C(=O)NC(C)C. The lowest BCUT2D eigenvalue weighted by atomic mass is 9.73. The summed E-state index contributed by atoms with van der Waals surface area (Å²) < 4.78 is 18.0. The predicted molar refractivity (Wildman–Crippen MR) is 329 cm³/mol. The first-order valence-electron chi connectivity index (χ1n) is 32.0. The number of hydrogen-bond acceptors (Lipinski definition) is 13. The Labute approximate surface area is 511 Å². The molecule has 5 aromatic rings. The van der Waals surface area contributed by atoms with Gasteiger partial charge in [0.2, 0.25) is 29.5 Å². The smallest absolute Gasteiger partial charge is 0.264 e. The van der Waals surface area contributed by atoms with E-state index in [9.17, 15) is 33.6 Å². The maximum atomic E-state index is 16.0. The average molecular weight is 1200 g/mol. The van der Waals surface area contributed by atoms with Crippen molar-refractivity contribution in [3.63, 3.8) is 0 Å². The maximum Gasteiger partial charge on any atom is 0.264 e. The summed E-state index contributed by atoms with van der Waals surface area (Å²) in [6, 6.07) is 15.3. The van der Waals surface area contributed by atoms with Gasteiger partial charge < -0.3 is 40.1 Å². The molecule has 6 aliphatic heterocycles. The normalized spacial score (nSPS) is 24.6. The Morgan fingerprint density at radius 3 is 2.28 bits per heavy atom. The number of piperidine rings is 3. The van der Waals surface area contributed by atoms with Crippen molar-refractivity contribution < 1.29 is 42.7 Å². The molecule has 2 aliphatic carbocycles. The topological polar surface area (TPSA) is 232 Å². The highest BCUT2D eigenvalue weighted by Gasteiger charge is 2.56. The molecule has 2 saturated carbocycles. The molecule has 8 amide bonds. The summed E-state index contributed by atoms with van der Waals surface area (Å²) in [4.78, 5) is 128. The van der Waals surface area contributed by atoms with E-state index in [2.05, 4.69) is 43.2 Å². The Bertz CT molecular complexity index is 3680. The summed E-state index contributed by atoms with van der Waals surface area (Å²) in [6.07, 6.45) is 12.3. The van der Waals surface area contributed by atoms with E-state index < -0.39 is 40.9 Å². The summed E-state index contributed by atoms with van der Waals surface area (Å²) in [5, 5.41) is 11.9. The lowest BCUT2D eigenvalue weighted by Gasteiger charge is -2.48. The molecular weight excluding hydrogens is 1120 g/mol. The summed E-state index contributed by atoms with van der Waals surface area (Å²) in [5.74, 6) is -2.66. The zero-order chi connectivity index (χ0) is 61.4. The number of fused-ring (bicyclic) bond motifs is 4. The van der Waals surface area contributed by atoms with Gasteiger partial charge in [0.15, 0.2) is 5.82 Å². The second-order valence-electron chi connectivity index (χ2n) is 26.6. The number of nitrogens with zero attached hydrogens (tertiary/aromatic N) is 8. The number of likely N-dealkylation sites (tertiary alicyclic amines) is 3. The Kier molecular flexibility index (Phi) is 15.7. The number of carbonyl (C=O) groups is 8.